The first-order valence-corrected chi connectivity index (χ1v) is 6.35. The van der Waals surface area contributed by atoms with Crippen LogP contribution in [0.25, 0.3) is 0 Å². The lowest BCUT2D eigenvalue weighted by Gasteiger charge is -2.15. The van der Waals surface area contributed by atoms with Gasteiger partial charge in [-0.15, -0.1) is 6.58 Å². The Morgan fingerprint density at radius 1 is 1.42 bits per heavy atom. The van der Waals surface area contributed by atoms with Crippen LogP contribution in [0.4, 0.5) is 0 Å². The van der Waals surface area contributed by atoms with Gasteiger partial charge in [0.05, 0.1) is 13.7 Å². The number of nitrogens with one attached hydrogen (secondary N) is 1. The summed E-state index contributed by atoms with van der Waals surface area (Å²) in [5.74, 6) is 0.577. The molecular weight excluding hydrogens is 242 g/mol. The Bertz CT molecular complexity index is 400. The van der Waals surface area contributed by atoms with E-state index in [2.05, 4.69) is 11.9 Å². The van der Waals surface area contributed by atoms with Gasteiger partial charge in [0, 0.05) is 6.54 Å². The van der Waals surface area contributed by atoms with Crippen LogP contribution in [0.3, 0.4) is 0 Å². The molecule has 0 heterocycles. The highest BCUT2D eigenvalue weighted by Crippen LogP contribution is 2.11. The molecule has 4 heteroatoms. The van der Waals surface area contributed by atoms with Gasteiger partial charge in [0.15, 0.2) is 0 Å². The predicted octanol–water partition coefficient (Wildman–Crippen LogP) is 2.29. The molecule has 1 aromatic rings. The molecule has 0 saturated carbocycles. The number of rotatable bonds is 8. The Balaban J connectivity index is 2.54. The first-order chi connectivity index (χ1) is 9.21. The zero-order valence-electron chi connectivity index (χ0n) is 11.5. The molecule has 19 heavy (non-hydrogen) atoms. The first-order valence-electron chi connectivity index (χ1n) is 6.35. The Morgan fingerprint density at radius 2 is 2.11 bits per heavy atom. The summed E-state index contributed by atoms with van der Waals surface area (Å²) in [6, 6.07) is 7.36. The van der Waals surface area contributed by atoms with Crippen LogP contribution in [0.1, 0.15) is 18.9 Å². The smallest absolute Gasteiger partial charge is 0.323 e. The number of esters is 1. The second-order valence-corrected chi connectivity index (χ2v) is 4.06. The number of ether oxygens (including phenoxy) is 2. The van der Waals surface area contributed by atoms with Crippen molar-refractivity contribution in [3.63, 3.8) is 0 Å². The molecule has 0 bridgehead atoms. The molecule has 0 aliphatic heterocycles. The van der Waals surface area contributed by atoms with Gasteiger partial charge in [-0.3, -0.25) is 4.79 Å². The minimum Gasteiger partial charge on any atom is -0.497 e. The fourth-order valence-corrected chi connectivity index (χ4v) is 1.66. The highest BCUT2D eigenvalue weighted by Gasteiger charge is 2.17. The molecule has 0 saturated heterocycles. The molecule has 1 aromatic carbocycles. The lowest BCUT2D eigenvalue weighted by Crippen LogP contribution is -2.37. The van der Waals surface area contributed by atoms with Crippen LogP contribution in [0.15, 0.2) is 36.9 Å². The molecule has 0 fully saturated rings. The third-order valence-corrected chi connectivity index (χ3v) is 2.69. The Hall–Kier alpha value is -1.81. The van der Waals surface area contributed by atoms with Crippen LogP contribution in [-0.2, 0) is 16.1 Å². The number of carbonyl (C=O) groups is 1. The maximum Gasteiger partial charge on any atom is 0.323 e. The quantitative estimate of drug-likeness (QED) is 0.577. The normalized spacial score (nSPS) is 11.7. The summed E-state index contributed by atoms with van der Waals surface area (Å²) in [6.45, 7) is 6.44. The number of methoxy groups -OCH3 is 1. The molecule has 4 nitrogen and oxygen atoms in total. The van der Waals surface area contributed by atoms with Gasteiger partial charge < -0.3 is 14.8 Å². The van der Waals surface area contributed by atoms with Gasteiger partial charge in [-0.1, -0.05) is 18.2 Å². The van der Waals surface area contributed by atoms with Crippen molar-refractivity contribution in [2.45, 2.75) is 25.9 Å². The van der Waals surface area contributed by atoms with Gasteiger partial charge in [-0.25, -0.2) is 0 Å². The third kappa shape index (κ3) is 5.14. The molecule has 1 atom stereocenters. The number of hydrogen-bond donors (Lipinski definition) is 1. The SMILES string of the molecule is C=CCC(NCc1ccc(OC)cc1)C(=O)OCC. The van der Waals surface area contributed by atoms with Crippen molar-refractivity contribution in [1.29, 1.82) is 0 Å². The van der Waals surface area contributed by atoms with Crippen molar-refractivity contribution in [2.75, 3.05) is 13.7 Å². The number of carbonyl (C=O) groups excluding carboxylic acids is 1. The van der Waals surface area contributed by atoms with Gasteiger partial charge in [-0.05, 0) is 31.0 Å². The fraction of sp³-hybridized carbons (Fsp3) is 0.400. The molecule has 1 rings (SSSR count). The molecule has 104 valence electrons. The maximum atomic E-state index is 11.7. The van der Waals surface area contributed by atoms with E-state index in [4.69, 9.17) is 9.47 Å². The van der Waals surface area contributed by atoms with Crippen molar-refractivity contribution in [3.8, 4) is 5.75 Å². The van der Waals surface area contributed by atoms with E-state index in [9.17, 15) is 4.79 Å². The van der Waals surface area contributed by atoms with E-state index < -0.39 is 0 Å². The van der Waals surface area contributed by atoms with Crippen molar-refractivity contribution < 1.29 is 14.3 Å². The van der Waals surface area contributed by atoms with E-state index in [0.717, 1.165) is 11.3 Å². The van der Waals surface area contributed by atoms with E-state index in [-0.39, 0.29) is 12.0 Å². The van der Waals surface area contributed by atoms with Crippen LogP contribution in [0.2, 0.25) is 0 Å². The van der Waals surface area contributed by atoms with Gasteiger partial charge in [0.2, 0.25) is 0 Å². The van der Waals surface area contributed by atoms with Crippen molar-refractivity contribution in [1.82, 2.24) is 5.32 Å². The van der Waals surface area contributed by atoms with E-state index in [1.165, 1.54) is 0 Å². The van der Waals surface area contributed by atoms with E-state index in [0.29, 0.717) is 19.6 Å². The van der Waals surface area contributed by atoms with Crippen LogP contribution in [0, 0.1) is 0 Å². The summed E-state index contributed by atoms with van der Waals surface area (Å²) in [7, 11) is 1.63. The van der Waals surface area contributed by atoms with E-state index in [1.807, 2.05) is 24.3 Å². The Kier molecular flexibility index (Phi) is 6.68. The zero-order valence-corrected chi connectivity index (χ0v) is 11.5. The molecule has 0 amide bonds. The largest absolute Gasteiger partial charge is 0.497 e. The molecule has 0 radical (unpaired) electrons. The maximum absolute atomic E-state index is 11.7. The van der Waals surface area contributed by atoms with E-state index in [1.54, 1.807) is 20.1 Å². The summed E-state index contributed by atoms with van der Waals surface area (Å²) in [5, 5.41) is 3.17. The van der Waals surface area contributed by atoms with Crippen LogP contribution in [0.5, 0.6) is 5.75 Å². The number of benzene rings is 1. The van der Waals surface area contributed by atoms with Crippen LogP contribution >= 0.6 is 0 Å². The molecular formula is C15H21NO3. The zero-order chi connectivity index (χ0) is 14.1. The number of hydrogen-bond acceptors (Lipinski definition) is 4. The highest BCUT2D eigenvalue weighted by atomic mass is 16.5. The van der Waals surface area contributed by atoms with Crippen LogP contribution < -0.4 is 10.1 Å². The first kappa shape index (κ1) is 15.2. The lowest BCUT2D eigenvalue weighted by molar-refractivity contribution is -0.145. The molecule has 1 N–H and O–H groups in total. The molecule has 0 aliphatic rings. The third-order valence-electron chi connectivity index (χ3n) is 2.69. The van der Waals surface area contributed by atoms with Crippen molar-refractivity contribution >= 4 is 5.97 Å². The average molecular weight is 263 g/mol. The monoisotopic (exact) mass is 263 g/mol. The average Bonchev–Trinajstić information content (AvgIpc) is 2.44. The van der Waals surface area contributed by atoms with Crippen LogP contribution in [-0.4, -0.2) is 25.7 Å². The standard InChI is InChI=1S/C15H21NO3/c1-4-6-14(15(17)19-5-2)16-11-12-7-9-13(18-3)10-8-12/h4,7-10,14,16H,1,5-6,11H2,2-3H3. The van der Waals surface area contributed by atoms with E-state index >= 15 is 0 Å². The molecule has 0 spiro atoms. The lowest BCUT2D eigenvalue weighted by atomic mass is 10.1. The summed E-state index contributed by atoms with van der Waals surface area (Å²) >= 11 is 0. The highest BCUT2D eigenvalue weighted by molar-refractivity contribution is 5.75. The predicted molar refractivity (Wildman–Crippen MR) is 75.1 cm³/mol. The Morgan fingerprint density at radius 3 is 2.63 bits per heavy atom. The molecule has 0 aliphatic carbocycles. The summed E-state index contributed by atoms with van der Waals surface area (Å²) in [4.78, 5) is 11.7. The Labute approximate surface area is 114 Å². The molecule has 1 unspecified atom stereocenters. The van der Waals surface area contributed by atoms with Gasteiger partial charge in [0.25, 0.3) is 0 Å². The summed E-state index contributed by atoms with van der Waals surface area (Å²) in [5.41, 5.74) is 1.08. The minimum atomic E-state index is -0.348. The molecule has 0 aromatic heterocycles. The topological polar surface area (TPSA) is 47.6 Å². The van der Waals surface area contributed by atoms with Gasteiger partial charge in [0.1, 0.15) is 11.8 Å². The minimum absolute atomic E-state index is 0.240. The second-order valence-electron chi connectivity index (χ2n) is 4.06. The second kappa shape index (κ2) is 8.32. The van der Waals surface area contributed by atoms with Gasteiger partial charge >= 0.3 is 5.97 Å². The van der Waals surface area contributed by atoms with Crippen molar-refractivity contribution in [3.05, 3.63) is 42.5 Å². The van der Waals surface area contributed by atoms with Crippen molar-refractivity contribution in [2.24, 2.45) is 0 Å². The van der Waals surface area contributed by atoms with Gasteiger partial charge in [-0.2, -0.15) is 0 Å². The summed E-state index contributed by atoms with van der Waals surface area (Å²) in [6.07, 6.45) is 2.26. The summed E-state index contributed by atoms with van der Waals surface area (Å²) < 4.78 is 10.1. The fourth-order valence-electron chi connectivity index (χ4n) is 1.66.